The summed E-state index contributed by atoms with van der Waals surface area (Å²) in [6.45, 7) is 0. The topological polar surface area (TPSA) is 85.8 Å². The third-order valence-corrected chi connectivity index (χ3v) is 5.63. The van der Waals surface area contributed by atoms with E-state index in [2.05, 4.69) is 20.4 Å². The van der Waals surface area contributed by atoms with Gasteiger partial charge in [0, 0.05) is 24.0 Å². The Hall–Kier alpha value is -2.61. The quantitative estimate of drug-likeness (QED) is 0.682. The molecule has 1 aliphatic carbocycles. The molecule has 3 aromatic heterocycles. The molecule has 0 bridgehead atoms. The van der Waals surface area contributed by atoms with Crippen LogP contribution in [0.25, 0.3) is 11.3 Å². The van der Waals surface area contributed by atoms with E-state index in [1.54, 1.807) is 30.4 Å². The zero-order valence-corrected chi connectivity index (χ0v) is 16.6. The molecule has 1 aliphatic rings. The van der Waals surface area contributed by atoms with Gasteiger partial charge in [-0.05, 0) is 50.1 Å². The second-order valence-corrected chi connectivity index (χ2v) is 7.85. The third-order valence-electron chi connectivity index (χ3n) is 5.06. The molecule has 0 radical (unpaired) electrons. The number of thioether (sulfide) groups is 1. The zero-order chi connectivity index (χ0) is 19.3. The summed E-state index contributed by atoms with van der Waals surface area (Å²) in [6.07, 6.45) is 13.0. The van der Waals surface area contributed by atoms with Crippen molar-refractivity contribution in [3.05, 3.63) is 54.6 Å². The zero-order valence-electron chi connectivity index (χ0n) is 15.7. The molecule has 28 heavy (non-hydrogen) atoms. The molecule has 1 saturated carbocycles. The van der Waals surface area contributed by atoms with Crippen LogP contribution in [-0.2, 0) is 5.75 Å². The minimum Gasteiger partial charge on any atom is -0.455 e. The highest BCUT2D eigenvalue weighted by Gasteiger charge is 2.25. The first-order chi connectivity index (χ1) is 13.7. The molecule has 4 rings (SSSR count). The summed E-state index contributed by atoms with van der Waals surface area (Å²) in [7, 11) is 0. The predicted octanol–water partition coefficient (Wildman–Crippen LogP) is 3.71. The van der Waals surface area contributed by atoms with Gasteiger partial charge >= 0.3 is 0 Å². The molecular formula is C20H23N5O2S. The Bertz CT molecular complexity index is 916. The van der Waals surface area contributed by atoms with Crippen LogP contribution >= 0.6 is 11.8 Å². The Morgan fingerprint density at radius 1 is 1.29 bits per heavy atom. The van der Waals surface area contributed by atoms with Crippen LogP contribution in [-0.4, -0.2) is 38.0 Å². The predicted molar refractivity (Wildman–Crippen MR) is 108 cm³/mol. The second-order valence-electron chi connectivity index (χ2n) is 6.98. The Balaban J connectivity index is 1.31. The fraction of sp³-hybridized carbons (Fsp3) is 0.400. The molecule has 1 amide bonds. The van der Waals surface area contributed by atoms with Crippen molar-refractivity contribution in [2.24, 2.45) is 0 Å². The summed E-state index contributed by atoms with van der Waals surface area (Å²) < 4.78 is 7.63. The molecular weight excluding hydrogens is 374 g/mol. The van der Waals surface area contributed by atoms with Gasteiger partial charge in [0.1, 0.15) is 12.1 Å². The van der Waals surface area contributed by atoms with E-state index >= 15 is 0 Å². The van der Waals surface area contributed by atoms with E-state index in [0.717, 1.165) is 48.5 Å². The van der Waals surface area contributed by atoms with Gasteiger partial charge in [0.05, 0.1) is 23.7 Å². The molecule has 3 heterocycles. The van der Waals surface area contributed by atoms with Gasteiger partial charge in [-0.2, -0.15) is 16.9 Å². The van der Waals surface area contributed by atoms with Crippen molar-refractivity contribution in [2.75, 3.05) is 6.26 Å². The molecule has 1 N–H and O–H groups in total. The number of amides is 1. The molecule has 146 valence electrons. The average molecular weight is 398 g/mol. The lowest BCUT2D eigenvalue weighted by Crippen LogP contribution is -2.37. The maximum Gasteiger partial charge on any atom is 0.287 e. The van der Waals surface area contributed by atoms with Crippen molar-refractivity contribution in [2.45, 2.75) is 43.5 Å². The summed E-state index contributed by atoms with van der Waals surface area (Å²) in [6, 6.07) is 6.03. The number of rotatable bonds is 6. The summed E-state index contributed by atoms with van der Waals surface area (Å²) in [5, 5.41) is 7.63. The van der Waals surface area contributed by atoms with E-state index in [-0.39, 0.29) is 11.9 Å². The van der Waals surface area contributed by atoms with E-state index in [0.29, 0.717) is 11.8 Å². The highest BCUT2D eigenvalue weighted by atomic mass is 32.2. The fourth-order valence-electron chi connectivity index (χ4n) is 3.59. The number of aromatic nitrogens is 4. The van der Waals surface area contributed by atoms with E-state index in [1.807, 2.05) is 35.5 Å². The number of hydrogen-bond donors (Lipinski definition) is 1. The van der Waals surface area contributed by atoms with Gasteiger partial charge in [0.2, 0.25) is 0 Å². The highest BCUT2D eigenvalue weighted by molar-refractivity contribution is 7.97. The SMILES string of the molecule is CSCc1ccc(C(=O)NC2CCC(n3cc(-c4ccncn4)cn3)CC2)o1. The molecule has 0 saturated heterocycles. The molecule has 0 unspecified atom stereocenters. The Kier molecular flexibility index (Phi) is 5.76. The second kappa shape index (κ2) is 8.60. The third kappa shape index (κ3) is 4.27. The largest absolute Gasteiger partial charge is 0.455 e. The first kappa shape index (κ1) is 18.7. The normalized spacial score (nSPS) is 19.5. The molecule has 0 spiro atoms. The van der Waals surface area contributed by atoms with Crippen molar-refractivity contribution in [3.8, 4) is 11.3 Å². The van der Waals surface area contributed by atoms with Gasteiger partial charge in [-0.1, -0.05) is 0 Å². The maximum absolute atomic E-state index is 12.4. The van der Waals surface area contributed by atoms with Crippen molar-refractivity contribution in [3.63, 3.8) is 0 Å². The summed E-state index contributed by atoms with van der Waals surface area (Å²) in [5.74, 6) is 1.88. The summed E-state index contributed by atoms with van der Waals surface area (Å²) in [4.78, 5) is 20.6. The number of nitrogens with zero attached hydrogens (tertiary/aromatic N) is 4. The van der Waals surface area contributed by atoms with E-state index < -0.39 is 0 Å². The molecule has 3 aromatic rings. The summed E-state index contributed by atoms with van der Waals surface area (Å²) >= 11 is 1.67. The first-order valence-corrected chi connectivity index (χ1v) is 10.8. The lowest BCUT2D eigenvalue weighted by molar-refractivity contribution is 0.0892. The monoisotopic (exact) mass is 397 g/mol. The number of hydrogen-bond acceptors (Lipinski definition) is 6. The smallest absolute Gasteiger partial charge is 0.287 e. The minimum atomic E-state index is -0.124. The van der Waals surface area contributed by atoms with Crippen molar-refractivity contribution in [1.82, 2.24) is 25.1 Å². The lowest BCUT2D eigenvalue weighted by atomic mass is 9.91. The standard InChI is InChI=1S/C20H23N5O2S/c1-28-12-17-6-7-19(27-17)20(26)24-15-2-4-16(5-3-15)25-11-14(10-23-25)18-8-9-21-13-22-18/h6-11,13,15-16H,2-5,12H2,1H3,(H,24,26). The summed E-state index contributed by atoms with van der Waals surface area (Å²) in [5.41, 5.74) is 1.87. The van der Waals surface area contributed by atoms with Crippen LogP contribution in [0.2, 0.25) is 0 Å². The van der Waals surface area contributed by atoms with Gasteiger partial charge in [0.15, 0.2) is 5.76 Å². The molecule has 0 aliphatic heterocycles. The van der Waals surface area contributed by atoms with Gasteiger partial charge in [-0.3, -0.25) is 9.48 Å². The number of nitrogens with one attached hydrogen (secondary N) is 1. The molecule has 1 fully saturated rings. The average Bonchev–Trinajstić information content (AvgIpc) is 3.40. The van der Waals surface area contributed by atoms with Crippen LogP contribution in [0.15, 0.2) is 47.5 Å². The molecule has 8 heteroatoms. The van der Waals surface area contributed by atoms with Crippen LogP contribution in [0.5, 0.6) is 0 Å². The minimum absolute atomic E-state index is 0.124. The van der Waals surface area contributed by atoms with Gasteiger partial charge in [-0.25, -0.2) is 9.97 Å². The first-order valence-electron chi connectivity index (χ1n) is 9.42. The van der Waals surface area contributed by atoms with Crippen LogP contribution < -0.4 is 5.32 Å². The Morgan fingerprint density at radius 2 is 2.14 bits per heavy atom. The van der Waals surface area contributed by atoms with Crippen molar-refractivity contribution < 1.29 is 9.21 Å². The van der Waals surface area contributed by atoms with Gasteiger partial charge < -0.3 is 9.73 Å². The maximum atomic E-state index is 12.4. The van der Waals surface area contributed by atoms with Crippen molar-refractivity contribution >= 4 is 17.7 Å². The molecule has 0 atom stereocenters. The Labute approximate surface area is 167 Å². The van der Waals surface area contributed by atoms with Crippen LogP contribution in [0, 0.1) is 0 Å². The number of carbonyl (C=O) groups is 1. The van der Waals surface area contributed by atoms with Gasteiger partial charge in [-0.15, -0.1) is 0 Å². The lowest BCUT2D eigenvalue weighted by Gasteiger charge is -2.29. The van der Waals surface area contributed by atoms with Crippen LogP contribution in [0.1, 0.15) is 48.0 Å². The fourth-order valence-corrected chi connectivity index (χ4v) is 4.03. The number of carbonyl (C=O) groups excluding carboxylic acids is 1. The van der Waals surface area contributed by atoms with Crippen molar-refractivity contribution in [1.29, 1.82) is 0 Å². The van der Waals surface area contributed by atoms with Crippen LogP contribution in [0.4, 0.5) is 0 Å². The molecule has 0 aromatic carbocycles. The Morgan fingerprint density at radius 3 is 2.89 bits per heavy atom. The highest BCUT2D eigenvalue weighted by Crippen LogP contribution is 2.29. The van der Waals surface area contributed by atoms with Gasteiger partial charge in [0.25, 0.3) is 5.91 Å². The molecule has 7 nitrogen and oxygen atoms in total. The number of furan rings is 1. The van der Waals surface area contributed by atoms with E-state index in [1.165, 1.54) is 0 Å². The van der Waals surface area contributed by atoms with E-state index in [9.17, 15) is 4.79 Å². The van der Waals surface area contributed by atoms with E-state index in [4.69, 9.17) is 4.42 Å². The van der Waals surface area contributed by atoms with Crippen LogP contribution in [0.3, 0.4) is 0 Å².